The molecule has 0 spiro atoms. The van der Waals surface area contributed by atoms with Crippen LogP contribution in [-0.4, -0.2) is 66.4 Å². The van der Waals surface area contributed by atoms with E-state index in [1.807, 2.05) is 13.8 Å². The molecule has 0 unspecified atom stereocenters. The number of benzene rings is 1. The van der Waals surface area contributed by atoms with Crippen molar-refractivity contribution in [1.82, 2.24) is 9.80 Å². The second kappa shape index (κ2) is 11.2. The molecule has 1 amide bonds. The predicted octanol–water partition coefficient (Wildman–Crippen LogP) is 1.87. The van der Waals surface area contributed by atoms with Crippen LogP contribution in [-0.2, 0) is 20.7 Å². The highest BCUT2D eigenvalue weighted by molar-refractivity contribution is 5.80. The summed E-state index contributed by atoms with van der Waals surface area (Å²) >= 11 is 0. The van der Waals surface area contributed by atoms with Crippen LogP contribution in [0.3, 0.4) is 0 Å². The van der Waals surface area contributed by atoms with Gasteiger partial charge in [-0.15, -0.1) is 0 Å². The monoisotopic (exact) mass is 365 g/mol. The predicted molar refractivity (Wildman–Crippen MR) is 97.8 cm³/mol. The number of carbonyl (C=O) groups is 2. The Morgan fingerprint density at radius 2 is 1.77 bits per heavy atom. The van der Waals surface area contributed by atoms with Crippen LogP contribution in [0.2, 0.25) is 0 Å². The molecule has 0 aliphatic carbocycles. The lowest BCUT2D eigenvalue weighted by Crippen LogP contribution is -2.40. The van der Waals surface area contributed by atoms with E-state index in [0.717, 1.165) is 13.1 Å². The van der Waals surface area contributed by atoms with Gasteiger partial charge in [-0.05, 0) is 13.1 Å². The van der Waals surface area contributed by atoms with Gasteiger partial charge in [0.1, 0.15) is 0 Å². The molecule has 144 valence electrons. The molecular weight excluding hydrogens is 338 g/mol. The summed E-state index contributed by atoms with van der Waals surface area (Å²) in [5, 5.41) is 11.1. The Kier molecular flexibility index (Phi) is 9.29. The van der Waals surface area contributed by atoms with Crippen molar-refractivity contribution >= 4 is 17.6 Å². The molecule has 0 saturated carbocycles. The van der Waals surface area contributed by atoms with Gasteiger partial charge >= 0.3 is 5.97 Å². The van der Waals surface area contributed by atoms with E-state index in [2.05, 4.69) is 9.64 Å². The van der Waals surface area contributed by atoms with Crippen LogP contribution in [0.25, 0.3) is 0 Å². The second-order valence-electron chi connectivity index (χ2n) is 5.80. The maximum atomic E-state index is 12.7. The molecule has 0 aliphatic rings. The van der Waals surface area contributed by atoms with Crippen LogP contribution >= 0.6 is 0 Å². The molecule has 0 heterocycles. The fourth-order valence-corrected chi connectivity index (χ4v) is 2.60. The molecule has 0 aliphatic heterocycles. The van der Waals surface area contributed by atoms with Crippen molar-refractivity contribution in [3.05, 3.63) is 39.9 Å². The lowest BCUT2D eigenvalue weighted by molar-refractivity contribution is -0.385. The third kappa shape index (κ3) is 6.79. The van der Waals surface area contributed by atoms with Gasteiger partial charge in [0.05, 0.1) is 24.9 Å². The molecule has 0 N–H and O–H groups in total. The average Bonchev–Trinajstić information content (AvgIpc) is 2.64. The summed E-state index contributed by atoms with van der Waals surface area (Å²) in [5.74, 6) is -0.633. The summed E-state index contributed by atoms with van der Waals surface area (Å²) in [6.45, 7) is 7.16. The lowest BCUT2D eigenvalue weighted by atomic mass is 10.1. The first-order chi connectivity index (χ1) is 12.4. The van der Waals surface area contributed by atoms with Crippen LogP contribution in [0.15, 0.2) is 24.3 Å². The molecule has 1 aromatic rings. The van der Waals surface area contributed by atoms with E-state index >= 15 is 0 Å². The zero-order chi connectivity index (χ0) is 19.5. The Labute approximate surface area is 153 Å². The fraction of sp³-hybridized carbons (Fsp3) is 0.556. The number of amides is 1. The fourth-order valence-electron chi connectivity index (χ4n) is 2.60. The number of hydrogen-bond donors (Lipinski definition) is 0. The minimum atomic E-state index is -0.489. The summed E-state index contributed by atoms with van der Waals surface area (Å²) in [6, 6.07) is 6.21. The number of para-hydroxylation sites is 1. The molecule has 0 aromatic heterocycles. The molecule has 1 aromatic carbocycles. The number of rotatable bonds is 11. The number of carbonyl (C=O) groups excluding carboxylic acids is 2. The van der Waals surface area contributed by atoms with E-state index in [4.69, 9.17) is 0 Å². The second-order valence-corrected chi connectivity index (χ2v) is 5.80. The van der Waals surface area contributed by atoms with E-state index in [1.54, 1.807) is 23.1 Å². The maximum Gasteiger partial charge on any atom is 0.307 e. The zero-order valence-corrected chi connectivity index (χ0v) is 15.6. The maximum absolute atomic E-state index is 12.7. The van der Waals surface area contributed by atoms with E-state index in [9.17, 15) is 19.7 Å². The third-order valence-corrected chi connectivity index (χ3v) is 4.28. The molecule has 8 heteroatoms. The van der Waals surface area contributed by atoms with Crippen LogP contribution in [0.1, 0.15) is 25.8 Å². The van der Waals surface area contributed by atoms with E-state index in [-0.39, 0.29) is 31.0 Å². The Morgan fingerprint density at radius 3 is 2.35 bits per heavy atom. The molecular formula is C18H27N3O5. The van der Waals surface area contributed by atoms with E-state index in [1.165, 1.54) is 13.2 Å². The summed E-state index contributed by atoms with van der Waals surface area (Å²) < 4.78 is 4.64. The smallest absolute Gasteiger partial charge is 0.307 e. The molecule has 1 rings (SSSR count). The Bertz CT molecular complexity index is 617. The lowest BCUT2D eigenvalue weighted by Gasteiger charge is -2.26. The Hall–Kier alpha value is -2.48. The van der Waals surface area contributed by atoms with Crippen LogP contribution in [0.4, 0.5) is 5.69 Å². The van der Waals surface area contributed by atoms with E-state index < -0.39 is 10.9 Å². The van der Waals surface area contributed by atoms with Crippen molar-refractivity contribution in [2.75, 3.05) is 39.8 Å². The van der Waals surface area contributed by atoms with Crippen molar-refractivity contribution in [3.8, 4) is 0 Å². The number of nitro benzene ring substituents is 1. The number of likely N-dealkylation sites (N-methyl/N-ethyl adjacent to an activating group) is 1. The molecule has 0 atom stereocenters. The summed E-state index contributed by atoms with van der Waals surface area (Å²) in [4.78, 5) is 38.5. The standard InChI is InChI=1S/C18H27N3O5/c1-4-19(5-2)12-13-20(11-10-18(23)26-3)17(22)14-15-8-6-7-9-16(15)21(24)25/h6-9H,4-5,10-14H2,1-3H3. The summed E-state index contributed by atoms with van der Waals surface area (Å²) in [6.07, 6.45) is 0.0218. The van der Waals surface area contributed by atoms with Gasteiger partial charge in [0.2, 0.25) is 5.91 Å². The van der Waals surface area contributed by atoms with Crippen LogP contribution in [0, 0.1) is 10.1 Å². The van der Waals surface area contributed by atoms with Crippen molar-refractivity contribution in [1.29, 1.82) is 0 Å². The van der Waals surface area contributed by atoms with Crippen molar-refractivity contribution in [2.24, 2.45) is 0 Å². The number of esters is 1. The quantitative estimate of drug-likeness (QED) is 0.338. The van der Waals surface area contributed by atoms with Crippen LogP contribution < -0.4 is 0 Å². The molecule has 0 radical (unpaired) electrons. The van der Waals surface area contributed by atoms with Gasteiger partial charge in [0, 0.05) is 31.3 Å². The van der Waals surface area contributed by atoms with Crippen molar-refractivity contribution in [2.45, 2.75) is 26.7 Å². The number of methoxy groups -OCH3 is 1. The van der Waals surface area contributed by atoms with Gasteiger partial charge in [-0.2, -0.15) is 0 Å². The molecule has 8 nitrogen and oxygen atoms in total. The van der Waals surface area contributed by atoms with Gasteiger partial charge in [-0.25, -0.2) is 0 Å². The SMILES string of the molecule is CCN(CC)CCN(CCC(=O)OC)C(=O)Cc1ccccc1[N+](=O)[O-]. The minimum absolute atomic E-state index is 0.0717. The van der Waals surface area contributed by atoms with Gasteiger partial charge in [0.15, 0.2) is 0 Å². The third-order valence-electron chi connectivity index (χ3n) is 4.28. The molecule has 26 heavy (non-hydrogen) atoms. The van der Waals surface area contributed by atoms with Gasteiger partial charge in [-0.3, -0.25) is 19.7 Å². The molecule has 0 bridgehead atoms. The van der Waals surface area contributed by atoms with Gasteiger partial charge in [-0.1, -0.05) is 32.0 Å². The first-order valence-corrected chi connectivity index (χ1v) is 8.72. The highest BCUT2D eigenvalue weighted by atomic mass is 16.6. The number of nitro groups is 1. The number of hydrogen-bond acceptors (Lipinski definition) is 6. The number of nitrogens with zero attached hydrogens (tertiary/aromatic N) is 3. The largest absolute Gasteiger partial charge is 0.469 e. The Balaban J connectivity index is 2.85. The summed E-state index contributed by atoms with van der Waals surface area (Å²) in [5.41, 5.74) is 0.297. The molecule has 0 fully saturated rings. The first kappa shape index (κ1) is 21.6. The summed E-state index contributed by atoms with van der Waals surface area (Å²) in [7, 11) is 1.30. The molecule has 0 saturated heterocycles. The Morgan fingerprint density at radius 1 is 1.12 bits per heavy atom. The van der Waals surface area contributed by atoms with Gasteiger partial charge < -0.3 is 14.5 Å². The van der Waals surface area contributed by atoms with E-state index in [0.29, 0.717) is 18.7 Å². The highest BCUT2D eigenvalue weighted by Gasteiger charge is 2.21. The van der Waals surface area contributed by atoms with Crippen molar-refractivity contribution < 1.29 is 19.2 Å². The minimum Gasteiger partial charge on any atom is -0.469 e. The normalized spacial score (nSPS) is 10.6. The van der Waals surface area contributed by atoms with Crippen molar-refractivity contribution in [3.63, 3.8) is 0 Å². The first-order valence-electron chi connectivity index (χ1n) is 8.72. The average molecular weight is 365 g/mol. The van der Waals surface area contributed by atoms with Gasteiger partial charge in [0.25, 0.3) is 5.69 Å². The number of ether oxygens (including phenoxy) is 1. The highest BCUT2D eigenvalue weighted by Crippen LogP contribution is 2.19. The van der Waals surface area contributed by atoms with Crippen LogP contribution in [0.5, 0.6) is 0 Å². The topological polar surface area (TPSA) is 93.0 Å². The zero-order valence-electron chi connectivity index (χ0n) is 15.6.